The molecule has 0 aliphatic heterocycles. The third kappa shape index (κ3) is 3.37. The fraction of sp³-hybridized carbons (Fsp3) is 0.200. The number of carboxylic acids is 1. The van der Waals surface area contributed by atoms with E-state index in [0.717, 1.165) is 15.0 Å². The Morgan fingerprint density at radius 3 is 2.86 bits per heavy atom. The Kier molecular flexibility index (Phi) is 5.00. The predicted molar refractivity (Wildman–Crippen MR) is 84.9 cm³/mol. The molecule has 7 heteroatoms. The minimum atomic E-state index is -1.13. The summed E-state index contributed by atoms with van der Waals surface area (Å²) in [6, 6.07) is 5.42. The topological polar surface area (TPSA) is 76.1 Å². The van der Waals surface area contributed by atoms with Crippen molar-refractivity contribution in [2.45, 2.75) is 0 Å². The highest BCUT2D eigenvalue weighted by molar-refractivity contribution is 7.17. The van der Waals surface area contributed by atoms with Gasteiger partial charge >= 0.3 is 12.1 Å². The number of ether oxygens (including phenoxy) is 2. The van der Waals surface area contributed by atoms with Crippen molar-refractivity contribution in [1.82, 2.24) is 0 Å². The van der Waals surface area contributed by atoms with E-state index in [9.17, 15) is 9.59 Å². The van der Waals surface area contributed by atoms with Crippen LogP contribution in [0.2, 0.25) is 0 Å². The van der Waals surface area contributed by atoms with E-state index in [-0.39, 0.29) is 6.61 Å². The Bertz CT molecular complexity index is 709. The number of benzene rings is 1. The second kappa shape index (κ2) is 6.95. The molecule has 6 nitrogen and oxygen atoms in total. The van der Waals surface area contributed by atoms with Gasteiger partial charge < -0.3 is 14.6 Å². The Morgan fingerprint density at radius 1 is 1.45 bits per heavy atom. The Hall–Kier alpha value is -2.54. The minimum Gasteiger partial charge on any atom is -0.497 e. The van der Waals surface area contributed by atoms with Crippen LogP contribution in [0.1, 0.15) is 0 Å². The number of amides is 1. The molecule has 1 amide bonds. The molecule has 0 aliphatic carbocycles. The van der Waals surface area contributed by atoms with Crippen LogP contribution in [0.5, 0.6) is 5.75 Å². The smallest absolute Gasteiger partial charge is 0.415 e. The standard InChI is InChI=1S/C15H15NO5S/c1-3-6-21-15(19)16(8-14(17)18)12-9-22-13-5-4-10(20-2)7-11(12)13/h3-5,7,9H,1,6,8H2,2H3,(H,17,18). The number of anilines is 1. The van der Waals surface area contributed by atoms with Gasteiger partial charge in [-0.2, -0.15) is 0 Å². The van der Waals surface area contributed by atoms with Crippen molar-refractivity contribution in [2.24, 2.45) is 0 Å². The van der Waals surface area contributed by atoms with Gasteiger partial charge in [0.2, 0.25) is 0 Å². The molecular weight excluding hydrogens is 306 g/mol. The van der Waals surface area contributed by atoms with Crippen molar-refractivity contribution in [3.8, 4) is 5.75 Å². The normalized spacial score (nSPS) is 10.2. The lowest BCUT2D eigenvalue weighted by Crippen LogP contribution is -2.36. The van der Waals surface area contributed by atoms with Gasteiger partial charge in [-0.3, -0.25) is 9.69 Å². The first-order valence-electron chi connectivity index (χ1n) is 6.39. The summed E-state index contributed by atoms with van der Waals surface area (Å²) in [6.45, 7) is 2.99. The molecule has 0 bridgehead atoms. The maximum absolute atomic E-state index is 12.1. The summed E-state index contributed by atoms with van der Waals surface area (Å²) in [5, 5.41) is 11.5. The van der Waals surface area contributed by atoms with Crippen LogP contribution in [0.4, 0.5) is 10.5 Å². The first-order valence-corrected chi connectivity index (χ1v) is 7.27. The molecule has 0 saturated heterocycles. The van der Waals surface area contributed by atoms with Crippen molar-refractivity contribution in [1.29, 1.82) is 0 Å². The molecule has 1 N–H and O–H groups in total. The zero-order chi connectivity index (χ0) is 16.1. The van der Waals surface area contributed by atoms with Crippen LogP contribution >= 0.6 is 11.3 Å². The quantitative estimate of drug-likeness (QED) is 0.827. The van der Waals surface area contributed by atoms with E-state index in [0.29, 0.717) is 11.4 Å². The number of nitrogens with zero attached hydrogens (tertiary/aromatic N) is 1. The number of carbonyl (C=O) groups excluding carboxylic acids is 1. The number of thiophene rings is 1. The first kappa shape index (κ1) is 15.8. The molecule has 0 atom stereocenters. The maximum atomic E-state index is 12.1. The monoisotopic (exact) mass is 321 g/mol. The molecule has 0 unspecified atom stereocenters. The highest BCUT2D eigenvalue weighted by atomic mass is 32.1. The van der Waals surface area contributed by atoms with Crippen LogP contribution < -0.4 is 9.64 Å². The second-order valence-electron chi connectivity index (χ2n) is 4.33. The number of fused-ring (bicyclic) bond motifs is 1. The molecule has 0 radical (unpaired) electrons. The van der Waals surface area contributed by atoms with Crippen molar-refractivity contribution >= 4 is 39.2 Å². The van der Waals surface area contributed by atoms with Crippen LogP contribution in [0, 0.1) is 0 Å². The third-order valence-electron chi connectivity index (χ3n) is 2.89. The number of carboxylic acid groups (broad SMARTS) is 1. The molecule has 1 aromatic heterocycles. The van der Waals surface area contributed by atoms with Crippen molar-refractivity contribution in [2.75, 3.05) is 25.2 Å². The van der Waals surface area contributed by atoms with Gasteiger partial charge in [0.25, 0.3) is 0 Å². The predicted octanol–water partition coefficient (Wildman–Crippen LogP) is 3.12. The molecule has 0 aliphatic rings. The van der Waals surface area contributed by atoms with E-state index < -0.39 is 18.6 Å². The van der Waals surface area contributed by atoms with Gasteiger partial charge in [-0.15, -0.1) is 11.3 Å². The largest absolute Gasteiger partial charge is 0.497 e. The number of carbonyl (C=O) groups is 2. The van der Waals surface area contributed by atoms with Gasteiger partial charge in [0.15, 0.2) is 0 Å². The average Bonchev–Trinajstić information content (AvgIpc) is 2.92. The van der Waals surface area contributed by atoms with Gasteiger partial charge in [-0.25, -0.2) is 4.79 Å². The fourth-order valence-electron chi connectivity index (χ4n) is 1.92. The first-order chi connectivity index (χ1) is 10.6. The van der Waals surface area contributed by atoms with Gasteiger partial charge in [0, 0.05) is 15.5 Å². The molecule has 116 valence electrons. The lowest BCUT2D eigenvalue weighted by Gasteiger charge is -2.19. The summed E-state index contributed by atoms with van der Waals surface area (Å²) >= 11 is 1.41. The molecule has 0 fully saturated rings. The molecule has 22 heavy (non-hydrogen) atoms. The Balaban J connectivity index is 2.43. The van der Waals surface area contributed by atoms with E-state index in [1.54, 1.807) is 24.6 Å². The Labute approximate surface area is 131 Å². The molecule has 2 rings (SSSR count). The van der Waals surface area contributed by atoms with Crippen molar-refractivity contribution in [3.63, 3.8) is 0 Å². The zero-order valence-electron chi connectivity index (χ0n) is 11.9. The summed E-state index contributed by atoms with van der Waals surface area (Å²) in [6.07, 6.45) is 0.691. The summed E-state index contributed by atoms with van der Waals surface area (Å²) in [7, 11) is 1.54. The summed E-state index contributed by atoms with van der Waals surface area (Å²) in [5.41, 5.74) is 0.482. The van der Waals surface area contributed by atoms with Crippen LogP contribution in [-0.4, -0.2) is 37.4 Å². The van der Waals surface area contributed by atoms with Crippen LogP contribution in [0.25, 0.3) is 10.1 Å². The van der Waals surface area contributed by atoms with E-state index in [1.165, 1.54) is 17.4 Å². The van der Waals surface area contributed by atoms with E-state index >= 15 is 0 Å². The van der Waals surface area contributed by atoms with Gasteiger partial charge in [0.05, 0.1) is 12.8 Å². The average molecular weight is 321 g/mol. The number of aliphatic carboxylic acids is 1. The maximum Gasteiger partial charge on any atom is 0.415 e. The van der Waals surface area contributed by atoms with Gasteiger partial charge in [-0.05, 0) is 18.2 Å². The van der Waals surface area contributed by atoms with Crippen LogP contribution in [0.3, 0.4) is 0 Å². The van der Waals surface area contributed by atoms with Gasteiger partial charge in [0.1, 0.15) is 18.9 Å². The number of methoxy groups -OCH3 is 1. The summed E-state index contributed by atoms with van der Waals surface area (Å²) in [5.74, 6) is -0.500. The molecule has 1 aromatic carbocycles. The molecular formula is C15H15NO5S. The zero-order valence-corrected chi connectivity index (χ0v) is 12.8. The molecule has 1 heterocycles. The highest BCUT2D eigenvalue weighted by Gasteiger charge is 2.23. The summed E-state index contributed by atoms with van der Waals surface area (Å²) < 4.78 is 11.1. The highest BCUT2D eigenvalue weighted by Crippen LogP contribution is 2.35. The number of hydrogen-bond donors (Lipinski definition) is 1. The lowest BCUT2D eigenvalue weighted by molar-refractivity contribution is -0.135. The third-order valence-corrected chi connectivity index (χ3v) is 3.84. The van der Waals surface area contributed by atoms with Gasteiger partial charge in [-0.1, -0.05) is 12.7 Å². The van der Waals surface area contributed by atoms with Crippen molar-refractivity contribution in [3.05, 3.63) is 36.2 Å². The molecule has 0 spiro atoms. The second-order valence-corrected chi connectivity index (χ2v) is 5.24. The fourth-order valence-corrected chi connectivity index (χ4v) is 2.85. The SMILES string of the molecule is C=CCOC(=O)N(CC(=O)O)c1csc2ccc(OC)cc12. The Morgan fingerprint density at radius 2 is 2.23 bits per heavy atom. The summed E-state index contributed by atoms with van der Waals surface area (Å²) in [4.78, 5) is 24.2. The lowest BCUT2D eigenvalue weighted by atomic mass is 10.2. The van der Waals surface area contributed by atoms with Crippen molar-refractivity contribution < 1.29 is 24.2 Å². The van der Waals surface area contributed by atoms with E-state index in [2.05, 4.69) is 6.58 Å². The molecule has 2 aromatic rings. The van der Waals surface area contributed by atoms with E-state index in [4.69, 9.17) is 14.6 Å². The number of rotatable bonds is 6. The number of hydrogen-bond acceptors (Lipinski definition) is 5. The van der Waals surface area contributed by atoms with Crippen LogP contribution in [-0.2, 0) is 9.53 Å². The van der Waals surface area contributed by atoms with Crippen LogP contribution in [0.15, 0.2) is 36.2 Å². The molecule has 0 saturated carbocycles. The minimum absolute atomic E-state index is 0.0142. The van der Waals surface area contributed by atoms with E-state index in [1.807, 2.05) is 6.07 Å².